The fraction of sp³-hybridized carbons (Fsp3) is 0.412. The number of benzene rings is 1. The lowest BCUT2D eigenvalue weighted by atomic mass is 9.74. The van der Waals surface area contributed by atoms with Gasteiger partial charge in [-0.2, -0.15) is 0 Å². The number of halogens is 1. The number of esters is 2. The summed E-state index contributed by atoms with van der Waals surface area (Å²) in [4.78, 5) is 25.1. The first-order chi connectivity index (χ1) is 10.1. The number of carbonyl (C=O) groups is 2. The Labute approximate surface area is 128 Å². The number of hydrogen-bond acceptors (Lipinski definition) is 4. The van der Waals surface area contributed by atoms with Crippen LogP contribution in [0.15, 0.2) is 36.4 Å². The lowest BCUT2D eigenvalue weighted by Gasteiger charge is -2.36. The lowest BCUT2D eigenvalue weighted by Crippen LogP contribution is -2.51. The van der Waals surface area contributed by atoms with Gasteiger partial charge in [0, 0.05) is 6.42 Å². The Bertz CT molecular complexity index is 613. The van der Waals surface area contributed by atoms with Gasteiger partial charge in [-0.3, -0.25) is 9.59 Å². The molecule has 0 N–H and O–H groups in total. The van der Waals surface area contributed by atoms with E-state index < -0.39 is 28.8 Å². The maximum atomic E-state index is 13.2. The molecule has 1 heterocycles. The van der Waals surface area contributed by atoms with Crippen LogP contribution in [0.3, 0.4) is 0 Å². The molecule has 0 amide bonds. The minimum absolute atomic E-state index is 0.0740. The molecule has 0 spiro atoms. The minimum atomic E-state index is -1.63. The molecular weight excluding hydrogens is 287 g/mol. The molecule has 0 radical (unpaired) electrons. The normalized spacial score (nSPS) is 22.2. The molecule has 0 saturated carbocycles. The van der Waals surface area contributed by atoms with Crippen LogP contribution in [-0.2, 0) is 24.5 Å². The van der Waals surface area contributed by atoms with Gasteiger partial charge in [0.25, 0.3) is 0 Å². The molecular formula is C17H19FO4. The van der Waals surface area contributed by atoms with Crippen molar-refractivity contribution in [2.45, 2.75) is 38.2 Å². The second kappa shape index (κ2) is 5.55. The van der Waals surface area contributed by atoms with Crippen LogP contribution in [0, 0.1) is 5.82 Å². The van der Waals surface area contributed by atoms with Gasteiger partial charge in [-0.15, -0.1) is 0 Å². The summed E-state index contributed by atoms with van der Waals surface area (Å²) < 4.78 is 23.7. The first-order valence-corrected chi connectivity index (χ1v) is 6.98. The lowest BCUT2D eigenvalue weighted by molar-refractivity contribution is -0.174. The van der Waals surface area contributed by atoms with Crippen molar-refractivity contribution < 1.29 is 23.5 Å². The monoisotopic (exact) mass is 306 g/mol. The van der Waals surface area contributed by atoms with Gasteiger partial charge in [-0.1, -0.05) is 18.7 Å². The zero-order chi connectivity index (χ0) is 16.5. The maximum absolute atomic E-state index is 13.2. The first-order valence-electron chi connectivity index (χ1n) is 6.98. The quantitative estimate of drug-likeness (QED) is 0.479. The standard InChI is InChI=1S/C17H19FO4/c1-11-9-17(14(19)21-10-11,15(20)22-16(2,3)4)12-5-7-13(18)8-6-12/h5-8H,1,9-10H2,2-4H3. The SMILES string of the molecule is C=C1COC(=O)C(C(=O)OC(C)(C)C)(c2ccc(F)cc2)C1. The molecule has 0 aromatic heterocycles. The molecule has 0 bridgehead atoms. The molecule has 1 unspecified atom stereocenters. The van der Waals surface area contributed by atoms with Gasteiger partial charge < -0.3 is 9.47 Å². The smallest absolute Gasteiger partial charge is 0.328 e. The fourth-order valence-corrected chi connectivity index (χ4v) is 2.38. The summed E-state index contributed by atoms with van der Waals surface area (Å²) in [5.41, 5.74) is -1.44. The molecule has 4 nitrogen and oxygen atoms in total. The largest absolute Gasteiger partial charge is 0.460 e. The summed E-state index contributed by atoms with van der Waals surface area (Å²) in [6.07, 6.45) is 0.0897. The molecule has 1 atom stereocenters. The van der Waals surface area contributed by atoms with Crippen molar-refractivity contribution in [3.63, 3.8) is 0 Å². The summed E-state index contributed by atoms with van der Waals surface area (Å²) >= 11 is 0. The zero-order valence-corrected chi connectivity index (χ0v) is 12.9. The van der Waals surface area contributed by atoms with Crippen LogP contribution in [0.1, 0.15) is 32.8 Å². The summed E-state index contributed by atoms with van der Waals surface area (Å²) in [6.45, 7) is 9.02. The van der Waals surface area contributed by atoms with Crippen molar-refractivity contribution in [1.29, 1.82) is 0 Å². The van der Waals surface area contributed by atoms with Gasteiger partial charge in [-0.25, -0.2) is 4.39 Å². The average Bonchev–Trinajstić information content (AvgIpc) is 2.40. The Hall–Kier alpha value is -2.17. The van der Waals surface area contributed by atoms with Gasteiger partial charge in [0.2, 0.25) is 0 Å². The van der Waals surface area contributed by atoms with E-state index >= 15 is 0 Å². The molecule has 1 aliphatic heterocycles. The van der Waals surface area contributed by atoms with Crippen LogP contribution in [0.5, 0.6) is 0 Å². The third-order valence-electron chi connectivity index (χ3n) is 3.36. The van der Waals surface area contributed by atoms with E-state index in [9.17, 15) is 14.0 Å². The maximum Gasteiger partial charge on any atom is 0.328 e. The molecule has 1 fully saturated rings. The predicted molar refractivity (Wildman–Crippen MR) is 78.6 cm³/mol. The number of rotatable bonds is 2. The highest BCUT2D eigenvalue weighted by Gasteiger charge is 2.53. The van der Waals surface area contributed by atoms with Gasteiger partial charge in [0.1, 0.15) is 18.0 Å². The summed E-state index contributed by atoms with van der Waals surface area (Å²) in [6, 6.07) is 5.20. The Morgan fingerprint density at radius 3 is 2.45 bits per heavy atom. The highest BCUT2D eigenvalue weighted by atomic mass is 19.1. The van der Waals surface area contributed by atoms with Crippen molar-refractivity contribution in [3.8, 4) is 0 Å². The highest BCUT2D eigenvalue weighted by Crippen LogP contribution is 2.38. The summed E-state index contributed by atoms with van der Waals surface area (Å²) in [5, 5.41) is 0. The second-order valence-corrected chi connectivity index (χ2v) is 6.42. The molecule has 1 aromatic carbocycles. The van der Waals surface area contributed by atoms with Crippen LogP contribution >= 0.6 is 0 Å². The molecule has 1 aromatic rings. The van der Waals surface area contributed by atoms with E-state index in [2.05, 4.69) is 6.58 Å². The number of ether oxygens (including phenoxy) is 2. The van der Waals surface area contributed by atoms with E-state index in [0.717, 1.165) is 0 Å². The van der Waals surface area contributed by atoms with Crippen molar-refractivity contribution in [1.82, 2.24) is 0 Å². The van der Waals surface area contributed by atoms with Gasteiger partial charge in [0.05, 0.1) is 0 Å². The van der Waals surface area contributed by atoms with Gasteiger partial charge in [-0.05, 0) is 44.0 Å². The van der Waals surface area contributed by atoms with Crippen LogP contribution in [0.4, 0.5) is 4.39 Å². The Morgan fingerprint density at radius 1 is 1.32 bits per heavy atom. The van der Waals surface area contributed by atoms with Crippen LogP contribution in [0.25, 0.3) is 0 Å². The Balaban J connectivity index is 2.53. The third-order valence-corrected chi connectivity index (χ3v) is 3.36. The summed E-state index contributed by atoms with van der Waals surface area (Å²) in [7, 11) is 0. The molecule has 1 saturated heterocycles. The van der Waals surface area contributed by atoms with Crippen LogP contribution in [-0.4, -0.2) is 24.1 Å². The average molecular weight is 306 g/mol. The first kappa shape index (κ1) is 16.2. The summed E-state index contributed by atoms with van der Waals surface area (Å²) in [5.74, 6) is -1.86. The van der Waals surface area contributed by atoms with E-state index in [1.807, 2.05) is 0 Å². The Morgan fingerprint density at radius 2 is 1.91 bits per heavy atom. The number of hydrogen-bond donors (Lipinski definition) is 0. The van der Waals surface area contributed by atoms with Crippen molar-refractivity contribution in [3.05, 3.63) is 47.8 Å². The molecule has 22 heavy (non-hydrogen) atoms. The molecule has 118 valence electrons. The Kier molecular flexibility index (Phi) is 4.09. The van der Waals surface area contributed by atoms with Gasteiger partial charge in [0.15, 0.2) is 5.41 Å². The molecule has 0 aliphatic carbocycles. The van der Waals surface area contributed by atoms with Crippen molar-refractivity contribution in [2.75, 3.05) is 6.61 Å². The van der Waals surface area contributed by atoms with Crippen molar-refractivity contribution in [2.24, 2.45) is 0 Å². The van der Waals surface area contributed by atoms with E-state index in [0.29, 0.717) is 11.1 Å². The van der Waals surface area contributed by atoms with Crippen molar-refractivity contribution >= 4 is 11.9 Å². The van der Waals surface area contributed by atoms with E-state index in [1.54, 1.807) is 20.8 Å². The van der Waals surface area contributed by atoms with E-state index in [1.165, 1.54) is 24.3 Å². The minimum Gasteiger partial charge on any atom is -0.460 e. The number of cyclic esters (lactones) is 1. The molecule has 5 heteroatoms. The topological polar surface area (TPSA) is 52.6 Å². The van der Waals surface area contributed by atoms with E-state index in [4.69, 9.17) is 9.47 Å². The highest BCUT2D eigenvalue weighted by molar-refractivity contribution is 6.07. The molecule has 2 rings (SSSR count). The zero-order valence-electron chi connectivity index (χ0n) is 12.9. The predicted octanol–water partition coefficient (Wildman–Crippen LogP) is 2.91. The second-order valence-electron chi connectivity index (χ2n) is 6.42. The van der Waals surface area contributed by atoms with E-state index in [-0.39, 0.29) is 13.0 Å². The molecule has 1 aliphatic rings. The third kappa shape index (κ3) is 3.03. The van der Waals surface area contributed by atoms with Crippen LogP contribution in [0.2, 0.25) is 0 Å². The van der Waals surface area contributed by atoms with Gasteiger partial charge >= 0.3 is 11.9 Å². The fourth-order valence-electron chi connectivity index (χ4n) is 2.38. The van der Waals surface area contributed by atoms with Crippen LogP contribution < -0.4 is 0 Å². The number of carbonyl (C=O) groups excluding carboxylic acids is 2.